The van der Waals surface area contributed by atoms with Crippen LogP contribution in [-0.2, 0) is 19.6 Å². The van der Waals surface area contributed by atoms with E-state index in [4.69, 9.17) is 4.74 Å². The molecule has 0 saturated carbocycles. The number of aliphatic hydroxyl groups excluding tert-OH is 1. The summed E-state index contributed by atoms with van der Waals surface area (Å²) in [4.78, 5) is 14.0. The van der Waals surface area contributed by atoms with Gasteiger partial charge in [0.1, 0.15) is 12.3 Å². The number of β-amino-alcohol motifs (C(OH)–C–C–N with tert-alkyl or cyclic N) is 1. The Morgan fingerprint density at radius 2 is 1.79 bits per heavy atom. The van der Waals surface area contributed by atoms with Crippen molar-refractivity contribution in [3.05, 3.63) is 0 Å². The van der Waals surface area contributed by atoms with Crippen LogP contribution >= 0.6 is 0 Å². The van der Waals surface area contributed by atoms with Gasteiger partial charge < -0.3 is 14.7 Å². The van der Waals surface area contributed by atoms with E-state index in [0.29, 0.717) is 0 Å². The summed E-state index contributed by atoms with van der Waals surface area (Å²) < 4.78 is 45.9. The molecule has 0 aromatic rings. The minimum atomic E-state index is -3.64. The molecule has 1 amide bonds. The maximum Gasteiger partial charge on any atom is 0.224 e. The van der Waals surface area contributed by atoms with Gasteiger partial charge in [0.05, 0.1) is 31.6 Å². The Kier molecular flexibility index (Phi) is 8.06. The number of ether oxygens (including phenoxy) is 1. The number of aliphatic hydroxyl groups is 1. The van der Waals surface area contributed by atoms with Crippen LogP contribution < -0.4 is 0 Å². The molecule has 0 aliphatic carbocycles. The van der Waals surface area contributed by atoms with Gasteiger partial charge in [-0.05, 0) is 33.1 Å². The standard InChI is InChI=1S/C19H37FN2O5S/c1-13(18(2,3)4)27-12-14(22(19(5,6)7)28(8,25)26)9-17(24)21-10-15(20)16(23)11-21/h13-16,23H,9-12H2,1-8H3. The third kappa shape index (κ3) is 6.93. The molecule has 0 radical (unpaired) electrons. The van der Waals surface area contributed by atoms with Crippen LogP contribution in [0.2, 0.25) is 0 Å². The van der Waals surface area contributed by atoms with E-state index in [-0.39, 0.29) is 37.6 Å². The molecule has 4 atom stereocenters. The molecular weight excluding hydrogens is 387 g/mol. The van der Waals surface area contributed by atoms with Gasteiger partial charge >= 0.3 is 0 Å². The van der Waals surface area contributed by atoms with Gasteiger partial charge in [-0.25, -0.2) is 12.8 Å². The van der Waals surface area contributed by atoms with Crippen molar-refractivity contribution in [1.29, 1.82) is 0 Å². The number of alkyl halides is 1. The summed E-state index contributed by atoms with van der Waals surface area (Å²) in [6, 6.07) is -0.733. The zero-order valence-electron chi connectivity index (χ0n) is 18.4. The molecule has 0 aromatic carbocycles. The van der Waals surface area contributed by atoms with Crippen LogP contribution in [0.3, 0.4) is 0 Å². The average molecular weight is 425 g/mol. The fourth-order valence-electron chi connectivity index (χ4n) is 3.31. The monoisotopic (exact) mass is 424 g/mol. The topological polar surface area (TPSA) is 87.2 Å². The highest BCUT2D eigenvalue weighted by molar-refractivity contribution is 7.88. The third-order valence-corrected chi connectivity index (χ3v) is 6.65. The quantitative estimate of drug-likeness (QED) is 0.673. The van der Waals surface area contributed by atoms with E-state index in [9.17, 15) is 22.7 Å². The van der Waals surface area contributed by atoms with Gasteiger partial charge in [-0.3, -0.25) is 4.79 Å². The first-order valence-corrected chi connectivity index (χ1v) is 11.5. The number of carbonyl (C=O) groups excluding carboxylic acids is 1. The molecule has 1 heterocycles. The number of hydrogen-bond acceptors (Lipinski definition) is 5. The van der Waals surface area contributed by atoms with E-state index in [1.54, 1.807) is 20.8 Å². The highest BCUT2D eigenvalue weighted by Gasteiger charge is 2.40. The summed E-state index contributed by atoms with van der Waals surface area (Å²) in [6.07, 6.45) is -1.86. The van der Waals surface area contributed by atoms with Crippen molar-refractivity contribution in [2.75, 3.05) is 26.0 Å². The van der Waals surface area contributed by atoms with Crippen LogP contribution in [0.15, 0.2) is 0 Å². The van der Waals surface area contributed by atoms with Crippen molar-refractivity contribution >= 4 is 15.9 Å². The van der Waals surface area contributed by atoms with E-state index in [2.05, 4.69) is 0 Å². The van der Waals surface area contributed by atoms with Crippen molar-refractivity contribution in [3.63, 3.8) is 0 Å². The number of rotatable bonds is 7. The molecule has 0 spiro atoms. The minimum absolute atomic E-state index is 0.0456. The Hall–Kier alpha value is -0.770. The average Bonchev–Trinajstić information content (AvgIpc) is 2.80. The second kappa shape index (κ2) is 8.93. The van der Waals surface area contributed by atoms with Crippen LogP contribution in [-0.4, -0.2) is 84.5 Å². The van der Waals surface area contributed by atoms with Gasteiger partial charge in [-0.15, -0.1) is 0 Å². The van der Waals surface area contributed by atoms with E-state index in [1.165, 1.54) is 9.21 Å². The maximum atomic E-state index is 13.6. The zero-order valence-corrected chi connectivity index (χ0v) is 19.2. The zero-order chi connectivity index (χ0) is 22.1. The van der Waals surface area contributed by atoms with Gasteiger partial charge in [0, 0.05) is 18.5 Å². The summed E-state index contributed by atoms with van der Waals surface area (Å²) in [6.45, 7) is 13.0. The molecule has 1 aliphatic heterocycles. The van der Waals surface area contributed by atoms with Crippen molar-refractivity contribution in [2.45, 2.75) is 84.8 Å². The molecule has 0 aromatic heterocycles. The van der Waals surface area contributed by atoms with Crippen molar-refractivity contribution in [2.24, 2.45) is 5.41 Å². The van der Waals surface area contributed by atoms with Gasteiger partial charge in [0.15, 0.2) is 0 Å². The molecule has 1 N–H and O–H groups in total. The van der Waals surface area contributed by atoms with Crippen LogP contribution in [0.4, 0.5) is 4.39 Å². The minimum Gasteiger partial charge on any atom is -0.388 e. The Morgan fingerprint density at radius 1 is 1.25 bits per heavy atom. The van der Waals surface area contributed by atoms with Crippen LogP contribution in [0, 0.1) is 5.41 Å². The van der Waals surface area contributed by atoms with E-state index in [1.807, 2.05) is 27.7 Å². The smallest absolute Gasteiger partial charge is 0.224 e. The van der Waals surface area contributed by atoms with E-state index < -0.39 is 39.8 Å². The fraction of sp³-hybridized carbons (Fsp3) is 0.947. The second-order valence-corrected chi connectivity index (χ2v) is 11.7. The predicted octanol–water partition coefficient (Wildman–Crippen LogP) is 1.80. The lowest BCUT2D eigenvalue weighted by atomic mass is 9.90. The number of amides is 1. The molecule has 1 aliphatic rings. The number of likely N-dealkylation sites (tertiary alicyclic amines) is 1. The van der Waals surface area contributed by atoms with Gasteiger partial charge in [0.2, 0.25) is 15.9 Å². The Bertz CT molecular complexity index is 632. The van der Waals surface area contributed by atoms with Crippen molar-refractivity contribution in [1.82, 2.24) is 9.21 Å². The van der Waals surface area contributed by atoms with E-state index in [0.717, 1.165) is 6.26 Å². The summed E-state index contributed by atoms with van der Waals surface area (Å²) >= 11 is 0. The number of nitrogens with zero attached hydrogens (tertiary/aromatic N) is 2. The second-order valence-electron chi connectivity index (χ2n) is 9.81. The number of carbonyl (C=O) groups is 1. The Morgan fingerprint density at radius 3 is 2.14 bits per heavy atom. The summed E-state index contributed by atoms with van der Waals surface area (Å²) in [7, 11) is -3.64. The summed E-state index contributed by atoms with van der Waals surface area (Å²) in [5.74, 6) is -0.394. The van der Waals surface area contributed by atoms with Crippen LogP contribution in [0.25, 0.3) is 0 Å². The lowest BCUT2D eigenvalue weighted by molar-refractivity contribution is -0.133. The molecule has 1 saturated heterocycles. The van der Waals surface area contributed by atoms with Gasteiger partial charge in [-0.2, -0.15) is 4.31 Å². The molecule has 9 heteroatoms. The maximum absolute atomic E-state index is 13.6. The number of sulfonamides is 1. The first-order valence-electron chi connectivity index (χ1n) is 9.65. The van der Waals surface area contributed by atoms with Crippen LogP contribution in [0.5, 0.6) is 0 Å². The summed E-state index contributed by atoms with van der Waals surface area (Å²) in [5.41, 5.74) is -0.910. The third-order valence-electron chi connectivity index (χ3n) is 5.09. The Labute approximate surface area is 169 Å². The first-order chi connectivity index (χ1) is 12.4. The lowest BCUT2D eigenvalue weighted by Gasteiger charge is -2.40. The first kappa shape index (κ1) is 25.3. The number of halogens is 1. The molecule has 7 nitrogen and oxygen atoms in total. The number of hydrogen-bond donors (Lipinski definition) is 1. The van der Waals surface area contributed by atoms with Crippen molar-refractivity contribution in [3.8, 4) is 0 Å². The van der Waals surface area contributed by atoms with Crippen molar-refractivity contribution < 1.29 is 27.4 Å². The molecule has 0 bridgehead atoms. The molecule has 166 valence electrons. The molecule has 1 fully saturated rings. The summed E-state index contributed by atoms with van der Waals surface area (Å²) in [5, 5.41) is 9.58. The van der Waals surface area contributed by atoms with E-state index >= 15 is 0 Å². The highest BCUT2D eigenvalue weighted by atomic mass is 32.2. The molecule has 1 rings (SSSR count). The molecule has 4 unspecified atom stereocenters. The van der Waals surface area contributed by atoms with Gasteiger partial charge in [0.25, 0.3) is 0 Å². The van der Waals surface area contributed by atoms with Gasteiger partial charge in [-0.1, -0.05) is 20.8 Å². The molecular formula is C19H37FN2O5S. The highest BCUT2D eigenvalue weighted by Crippen LogP contribution is 2.27. The largest absolute Gasteiger partial charge is 0.388 e. The SMILES string of the molecule is CC(OCC(CC(=O)N1CC(O)C(F)C1)N(C(C)(C)C)S(C)(=O)=O)C(C)(C)C. The fourth-order valence-corrected chi connectivity index (χ4v) is 4.98. The predicted molar refractivity (Wildman–Crippen MR) is 107 cm³/mol. The molecule has 28 heavy (non-hydrogen) atoms. The Balaban J connectivity index is 3.08. The lowest BCUT2D eigenvalue weighted by Crippen LogP contribution is -2.54. The normalized spacial score (nSPS) is 23.9. The van der Waals surface area contributed by atoms with Crippen LogP contribution in [0.1, 0.15) is 54.9 Å².